The van der Waals surface area contributed by atoms with E-state index in [0.717, 1.165) is 0 Å². The van der Waals surface area contributed by atoms with Gasteiger partial charge in [-0.25, -0.2) is 14.2 Å². The molecule has 2 rings (SSSR count). The highest BCUT2D eigenvalue weighted by Crippen LogP contribution is 2.28. The van der Waals surface area contributed by atoms with Crippen molar-refractivity contribution in [2.75, 3.05) is 6.54 Å². The fourth-order valence-electron chi connectivity index (χ4n) is 1.54. The maximum atomic E-state index is 11.8. The molecule has 1 aromatic rings. The Hall–Kier alpha value is -1.52. The Morgan fingerprint density at radius 1 is 1.14 bits per heavy atom. The van der Waals surface area contributed by atoms with Crippen LogP contribution >= 0.6 is 0 Å². The highest BCUT2D eigenvalue weighted by Gasteiger charge is 2.46. The number of fused-ring (bicyclic) bond motifs is 1. The molecule has 0 fully saturated rings. The lowest BCUT2D eigenvalue weighted by Crippen LogP contribution is -2.47. The van der Waals surface area contributed by atoms with Crippen molar-refractivity contribution < 1.29 is 14.2 Å². The predicted molar refractivity (Wildman–Crippen MR) is 49.0 cm³/mol. The van der Waals surface area contributed by atoms with Gasteiger partial charge < -0.3 is 5.21 Å². The number of benzene rings is 1. The molecule has 1 aliphatic rings. The Labute approximate surface area is 80.9 Å². The Kier molecular flexibility index (Phi) is 1.77. The summed E-state index contributed by atoms with van der Waals surface area (Å²) in [5.41, 5.74) is 0.410. The van der Waals surface area contributed by atoms with E-state index in [0.29, 0.717) is 0 Å². The zero-order valence-corrected chi connectivity index (χ0v) is 7.40. The van der Waals surface area contributed by atoms with Gasteiger partial charge in [-0.1, -0.05) is 12.1 Å². The van der Waals surface area contributed by atoms with Gasteiger partial charge in [-0.05, 0) is 12.1 Å². The van der Waals surface area contributed by atoms with Crippen LogP contribution < -0.4 is 0 Å². The summed E-state index contributed by atoms with van der Waals surface area (Å²) in [6, 6.07) is 6.23. The third kappa shape index (κ3) is 0.893. The fraction of sp³-hybridized carbons (Fsp3) is 0.100. The summed E-state index contributed by atoms with van der Waals surface area (Å²) in [7, 11) is 0. The summed E-state index contributed by atoms with van der Waals surface area (Å²) >= 11 is 0. The molecule has 71 valence electrons. The van der Waals surface area contributed by atoms with E-state index in [9.17, 15) is 14.8 Å². The molecule has 4 nitrogen and oxygen atoms in total. The molecular weight excluding hydrogens is 182 g/mol. The first-order chi connectivity index (χ1) is 6.61. The second-order valence-corrected chi connectivity index (χ2v) is 3.12. The molecule has 1 aliphatic heterocycles. The quantitative estimate of drug-likeness (QED) is 0.379. The van der Waals surface area contributed by atoms with Crippen LogP contribution in [0.25, 0.3) is 0 Å². The lowest BCUT2D eigenvalue weighted by atomic mass is 10.1. The molecule has 0 atom stereocenters. The maximum Gasteiger partial charge on any atom is 0.354 e. The minimum Gasteiger partial charge on any atom is -0.617 e. The van der Waals surface area contributed by atoms with E-state index in [-0.39, 0.29) is 17.7 Å². The molecule has 1 heterocycles. The minimum atomic E-state index is -1.49. The van der Waals surface area contributed by atoms with Gasteiger partial charge >= 0.3 is 11.8 Å². The van der Waals surface area contributed by atoms with Gasteiger partial charge in [0, 0.05) is 6.92 Å². The number of hydrogen-bond acceptors (Lipinski definition) is 3. The zero-order valence-electron chi connectivity index (χ0n) is 7.40. The number of carbonyl (C=O) groups excluding carboxylic acids is 2. The van der Waals surface area contributed by atoms with Crippen molar-refractivity contribution in [3.63, 3.8) is 0 Å². The van der Waals surface area contributed by atoms with Crippen molar-refractivity contribution in [2.24, 2.45) is 0 Å². The van der Waals surface area contributed by atoms with Gasteiger partial charge in [0.25, 0.3) is 0 Å². The van der Waals surface area contributed by atoms with E-state index >= 15 is 0 Å². The third-order valence-electron chi connectivity index (χ3n) is 2.36. The molecule has 0 saturated heterocycles. The first kappa shape index (κ1) is 9.05. The van der Waals surface area contributed by atoms with Crippen LogP contribution in [0.3, 0.4) is 0 Å². The Morgan fingerprint density at radius 3 is 1.93 bits per heavy atom. The third-order valence-corrected chi connectivity index (χ3v) is 2.36. The summed E-state index contributed by atoms with van der Waals surface area (Å²) in [6.45, 7) is 3.04. The summed E-state index contributed by atoms with van der Waals surface area (Å²) < 4.78 is -1.49. The number of carbonyl (C=O) groups is 2. The van der Waals surface area contributed by atoms with Gasteiger partial charge in [0.05, 0.1) is 17.7 Å². The number of imide groups is 1. The fourth-order valence-corrected chi connectivity index (χ4v) is 1.54. The molecule has 0 saturated carbocycles. The summed E-state index contributed by atoms with van der Waals surface area (Å²) in [5, 5.41) is 11.8. The van der Waals surface area contributed by atoms with Crippen LogP contribution in [0.5, 0.6) is 0 Å². The standard InChI is InChI=1S/C10H8NO3/c1-2-11(14)9(12)7-5-3-4-6-8(7)10(11)13/h3-6H,1-2H2. The van der Waals surface area contributed by atoms with Gasteiger partial charge in [0.1, 0.15) is 0 Å². The molecule has 1 aromatic carbocycles. The minimum absolute atomic E-state index is 0.205. The molecule has 1 radical (unpaired) electrons. The molecule has 0 bridgehead atoms. The zero-order chi connectivity index (χ0) is 10.3. The monoisotopic (exact) mass is 190 g/mol. The largest absolute Gasteiger partial charge is 0.617 e. The van der Waals surface area contributed by atoms with Crippen LogP contribution in [0.2, 0.25) is 0 Å². The van der Waals surface area contributed by atoms with Crippen LogP contribution in [0, 0.1) is 12.1 Å². The van der Waals surface area contributed by atoms with Crippen molar-refractivity contribution in [3.8, 4) is 0 Å². The number of nitrogens with zero attached hydrogens (tertiary/aromatic N) is 1. The van der Waals surface area contributed by atoms with Crippen molar-refractivity contribution in [2.45, 2.75) is 0 Å². The Bertz CT molecular complexity index is 390. The van der Waals surface area contributed by atoms with Crippen LogP contribution in [-0.2, 0) is 0 Å². The van der Waals surface area contributed by atoms with Gasteiger partial charge in [0.15, 0.2) is 0 Å². The second kappa shape index (κ2) is 2.73. The lowest BCUT2D eigenvalue weighted by molar-refractivity contribution is -0.700. The molecule has 4 heteroatoms. The molecule has 14 heavy (non-hydrogen) atoms. The predicted octanol–water partition coefficient (Wildman–Crippen LogP) is 1.13. The van der Waals surface area contributed by atoms with Crippen molar-refractivity contribution in [1.29, 1.82) is 0 Å². The number of hydroxylamine groups is 3. The normalized spacial score (nSPS) is 18.4. The molecule has 0 N–H and O–H groups in total. The van der Waals surface area contributed by atoms with E-state index in [1.807, 2.05) is 0 Å². The SMILES string of the molecule is [CH2]C[N+]1([O-])C(=O)c2ccccc2C1=O. The van der Waals surface area contributed by atoms with E-state index < -0.39 is 16.5 Å². The van der Waals surface area contributed by atoms with Crippen LogP contribution in [0.1, 0.15) is 20.7 Å². The highest BCUT2D eigenvalue weighted by molar-refractivity contribution is 6.14. The van der Waals surface area contributed by atoms with Gasteiger partial charge in [0.2, 0.25) is 0 Å². The van der Waals surface area contributed by atoms with E-state index in [1.165, 1.54) is 12.1 Å². The molecule has 0 aliphatic carbocycles. The van der Waals surface area contributed by atoms with Crippen LogP contribution in [0.4, 0.5) is 0 Å². The highest BCUT2D eigenvalue weighted by atomic mass is 16.6. The summed E-state index contributed by atoms with van der Waals surface area (Å²) in [6.07, 6.45) is 0. The van der Waals surface area contributed by atoms with E-state index in [2.05, 4.69) is 6.92 Å². The second-order valence-electron chi connectivity index (χ2n) is 3.12. The van der Waals surface area contributed by atoms with Gasteiger partial charge in [-0.15, -0.1) is 0 Å². The Balaban J connectivity index is 2.65. The van der Waals surface area contributed by atoms with Crippen LogP contribution in [0.15, 0.2) is 24.3 Å². The smallest absolute Gasteiger partial charge is 0.354 e. The van der Waals surface area contributed by atoms with Gasteiger partial charge in [-0.3, -0.25) is 0 Å². The number of quaternary nitrogens is 1. The molecule has 0 unspecified atom stereocenters. The number of hydrogen-bond donors (Lipinski definition) is 0. The number of rotatable bonds is 1. The molecule has 0 aromatic heterocycles. The summed E-state index contributed by atoms with van der Waals surface area (Å²) in [5.74, 6) is -1.42. The van der Waals surface area contributed by atoms with E-state index in [4.69, 9.17) is 0 Å². The summed E-state index contributed by atoms with van der Waals surface area (Å²) in [4.78, 5) is 23.1. The first-order valence-electron chi connectivity index (χ1n) is 4.18. The Morgan fingerprint density at radius 2 is 1.57 bits per heavy atom. The lowest BCUT2D eigenvalue weighted by Gasteiger charge is -2.30. The number of amides is 2. The van der Waals surface area contributed by atoms with E-state index in [1.54, 1.807) is 12.1 Å². The van der Waals surface area contributed by atoms with Crippen LogP contribution in [-0.4, -0.2) is 23.0 Å². The first-order valence-corrected chi connectivity index (χ1v) is 4.18. The van der Waals surface area contributed by atoms with Gasteiger partial charge in [-0.2, -0.15) is 0 Å². The molecule has 0 spiro atoms. The maximum absolute atomic E-state index is 11.8. The van der Waals surface area contributed by atoms with Crippen molar-refractivity contribution >= 4 is 11.8 Å². The molecular formula is C10H8NO3. The topological polar surface area (TPSA) is 57.2 Å². The average molecular weight is 190 g/mol. The molecule has 2 amide bonds. The van der Waals surface area contributed by atoms with Crippen molar-refractivity contribution in [3.05, 3.63) is 47.5 Å². The van der Waals surface area contributed by atoms with Crippen molar-refractivity contribution in [1.82, 2.24) is 0 Å². The average Bonchev–Trinajstić information content (AvgIpc) is 2.43.